The van der Waals surface area contributed by atoms with E-state index in [9.17, 15) is 9.59 Å². The van der Waals surface area contributed by atoms with Crippen LogP contribution in [0.1, 0.15) is 34.3 Å². The number of nitrogens with zero attached hydrogens (tertiary/aromatic N) is 1. The quantitative estimate of drug-likeness (QED) is 0.618. The minimum atomic E-state index is -0.291. The van der Waals surface area contributed by atoms with E-state index in [2.05, 4.69) is 15.0 Å². The van der Waals surface area contributed by atoms with Crippen LogP contribution in [0.4, 0.5) is 0 Å². The molecule has 0 aliphatic carbocycles. The number of thiazole rings is 1. The van der Waals surface area contributed by atoms with Crippen molar-refractivity contribution < 1.29 is 14.3 Å². The Balaban J connectivity index is 2.02. The summed E-state index contributed by atoms with van der Waals surface area (Å²) < 4.78 is 4.68. The van der Waals surface area contributed by atoms with Crippen LogP contribution in [-0.2, 0) is 14.3 Å². The lowest BCUT2D eigenvalue weighted by Gasteiger charge is -2.17. The second kappa shape index (κ2) is 8.98. The molecule has 0 saturated carbocycles. The van der Waals surface area contributed by atoms with Crippen molar-refractivity contribution in [1.82, 2.24) is 10.3 Å². The van der Waals surface area contributed by atoms with Gasteiger partial charge < -0.3 is 10.1 Å². The summed E-state index contributed by atoms with van der Waals surface area (Å²) in [5.41, 5.74) is 0.955. The third-order valence-electron chi connectivity index (χ3n) is 3.42. The summed E-state index contributed by atoms with van der Waals surface area (Å²) >= 11 is 1.52. The van der Waals surface area contributed by atoms with Crippen LogP contribution >= 0.6 is 11.3 Å². The van der Waals surface area contributed by atoms with Gasteiger partial charge in [-0.15, -0.1) is 11.3 Å². The number of aromatic nitrogens is 1. The zero-order chi connectivity index (χ0) is 17.4. The molecule has 1 atom stereocenters. The van der Waals surface area contributed by atoms with Crippen molar-refractivity contribution in [1.29, 1.82) is 0 Å². The molecule has 24 heavy (non-hydrogen) atoms. The summed E-state index contributed by atoms with van der Waals surface area (Å²) in [5.74, 6) is -0.499. The fourth-order valence-electron chi connectivity index (χ4n) is 2.20. The summed E-state index contributed by atoms with van der Waals surface area (Å²) in [6.45, 7) is 1.92. The molecule has 1 aromatic carbocycles. The van der Waals surface area contributed by atoms with E-state index in [0.717, 1.165) is 15.4 Å². The first-order chi connectivity index (χ1) is 11.6. The van der Waals surface area contributed by atoms with E-state index in [1.165, 1.54) is 24.5 Å². The van der Waals surface area contributed by atoms with Crippen LogP contribution in [0.25, 0.3) is 6.08 Å². The highest BCUT2D eigenvalue weighted by Crippen LogP contribution is 2.19. The molecule has 0 saturated heterocycles. The van der Waals surface area contributed by atoms with Crippen molar-refractivity contribution in [2.24, 2.45) is 0 Å². The Labute approximate surface area is 145 Å². The van der Waals surface area contributed by atoms with Gasteiger partial charge in [-0.1, -0.05) is 30.3 Å². The number of hydrogen-bond acceptors (Lipinski definition) is 5. The molecule has 6 heteroatoms. The maximum Gasteiger partial charge on any atom is 0.305 e. The molecule has 1 unspecified atom stereocenters. The van der Waals surface area contributed by atoms with Crippen LogP contribution < -0.4 is 5.32 Å². The average molecular weight is 344 g/mol. The molecule has 0 radical (unpaired) electrons. The Morgan fingerprint density at radius 1 is 1.33 bits per heavy atom. The van der Waals surface area contributed by atoms with Crippen LogP contribution in [-0.4, -0.2) is 24.0 Å². The van der Waals surface area contributed by atoms with Gasteiger partial charge >= 0.3 is 5.97 Å². The molecule has 1 heterocycles. The first-order valence-electron chi connectivity index (χ1n) is 7.61. The Kier molecular flexibility index (Phi) is 6.69. The number of ether oxygens (including phenoxy) is 1. The maximum absolute atomic E-state index is 12.2. The molecule has 5 nitrogen and oxygen atoms in total. The highest BCUT2D eigenvalue weighted by atomic mass is 32.1. The number of aryl methyl sites for hydroxylation is 1. The molecule has 0 aliphatic rings. The van der Waals surface area contributed by atoms with E-state index in [1.807, 2.05) is 37.3 Å². The zero-order valence-corrected chi connectivity index (χ0v) is 14.5. The number of methoxy groups -OCH3 is 1. The van der Waals surface area contributed by atoms with Crippen molar-refractivity contribution in [3.63, 3.8) is 0 Å². The summed E-state index contributed by atoms with van der Waals surface area (Å²) in [6, 6.07) is 9.34. The number of benzene rings is 1. The van der Waals surface area contributed by atoms with E-state index in [0.29, 0.717) is 6.42 Å². The first-order valence-corrected chi connectivity index (χ1v) is 8.43. The molecule has 126 valence electrons. The van der Waals surface area contributed by atoms with E-state index in [4.69, 9.17) is 0 Å². The molecule has 1 aromatic heterocycles. The van der Waals surface area contributed by atoms with Gasteiger partial charge in [-0.3, -0.25) is 9.59 Å². The molecule has 2 rings (SSSR count). The molecular weight excluding hydrogens is 324 g/mol. The monoisotopic (exact) mass is 344 g/mol. The molecule has 2 aromatic rings. The van der Waals surface area contributed by atoms with E-state index in [1.54, 1.807) is 12.3 Å². The van der Waals surface area contributed by atoms with Gasteiger partial charge in [0.1, 0.15) is 0 Å². The fourth-order valence-corrected chi connectivity index (χ4v) is 2.89. The second-order valence-corrected chi connectivity index (χ2v) is 6.47. The van der Waals surface area contributed by atoms with E-state index < -0.39 is 0 Å². The molecule has 1 N–H and O–H groups in total. The number of carbonyl (C=O) groups is 2. The van der Waals surface area contributed by atoms with Gasteiger partial charge in [0, 0.05) is 23.6 Å². The van der Waals surface area contributed by atoms with Crippen LogP contribution in [0.2, 0.25) is 0 Å². The smallest absolute Gasteiger partial charge is 0.305 e. The van der Waals surface area contributed by atoms with Gasteiger partial charge in [0.25, 0.3) is 0 Å². The molecular formula is C18H20N2O3S. The van der Waals surface area contributed by atoms with Gasteiger partial charge in [0.2, 0.25) is 5.91 Å². The Bertz CT molecular complexity index is 710. The molecule has 0 aliphatic heterocycles. The predicted molar refractivity (Wildman–Crippen MR) is 94.5 cm³/mol. The zero-order valence-electron chi connectivity index (χ0n) is 13.7. The largest absolute Gasteiger partial charge is 0.469 e. The number of carbonyl (C=O) groups excluding carboxylic acids is 2. The lowest BCUT2D eigenvalue weighted by Crippen LogP contribution is -2.27. The second-order valence-electron chi connectivity index (χ2n) is 5.20. The van der Waals surface area contributed by atoms with Gasteiger partial charge in [-0.05, 0) is 25.0 Å². The third-order valence-corrected chi connectivity index (χ3v) is 4.30. The lowest BCUT2D eigenvalue weighted by molar-refractivity contribution is -0.141. The van der Waals surface area contributed by atoms with Gasteiger partial charge in [0.15, 0.2) is 0 Å². The number of amides is 1. The third kappa shape index (κ3) is 5.62. The number of esters is 1. The van der Waals surface area contributed by atoms with Crippen molar-refractivity contribution >= 4 is 29.3 Å². The lowest BCUT2D eigenvalue weighted by atomic mass is 10.0. The van der Waals surface area contributed by atoms with E-state index >= 15 is 0 Å². The minimum Gasteiger partial charge on any atom is -0.469 e. The highest BCUT2D eigenvalue weighted by Gasteiger charge is 2.15. The normalized spacial score (nSPS) is 12.1. The molecule has 1 amide bonds. The SMILES string of the molecule is COC(=O)CCC(NC(=O)/C=C/c1cnc(C)s1)c1ccccc1. The minimum absolute atomic E-state index is 0.209. The van der Waals surface area contributed by atoms with Gasteiger partial charge in [0.05, 0.1) is 18.2 Å². The van der Waals surface area contributed by atoms with Gasteiger partial charge in [-0.25, -0.2) is 4.98 Å². The van der Waals surface area contributed by atoms with Crippen LogP contribution in [0.3, 0.4) is 0 Å². The fraction of sp³-hybridized carbons (Fsp3) is 0.278. The maximum atomic E-state index is 12.2. The first kappa shape index (κ1) is 17.9. The summed E-state index contributed by atoms with van der Waals surface area (Å²) in [6.07, 6.45) is 5.68. The van der Waals surface area contributed by atoms with Crippen LogP contribution in [0, 0.1) is 6.92 Å². The van der Waals surface area contributed by atoms with Crippen LogP contribution in [0.15, 0.2) is 42.6 Å². The van der Waals surface area contributed by atoms with E-state index in [-0.39, 0.29) is 24.3 Å². The number of nitrogens with one attached hydrogen (secondary N) is 1. The Morgan fingerprint density at radius 3 is 2.71 bits per heavy atom. The topological polar surface area (TPSA) is 68.3 Å². The summed E-state index contributed by atoms with van der Waals surface area (Å²) in [4.78, 5) is 28.7. The molecule has 0 fully saturated rings. The van der Waals surface area contributed by atoms with Crippen molar-refractivity contribution in [3.8, 4) is 0 Å². The summed E-state index contributed by atoms with van der Waals surface area (Å²) in [7, 11) is 1.36. The Hall–Kier alpha value is -2.47. The van der Waals surface area contributed by atoms with Crippen molar-refractivity contribution in [3.05, 3.63) is 58.1 Å². The van der Waals surface area contributed by atoms with Crippen LogP contribution in [0.5, 0.6) is 0 Å². The number of rotatable bonds is 7. The molecule has 0 bridgehead atoms. The Morgan fingerprint density at radius 2 is 2.08 bits per heavy atom. The average Bonchev–Trinajstić information content (AvgIpc) is 3.02. The predicted octanol–water partition coefficient (Wildman–Crippen LogP) is 3.28. The standard InChI is InChI=1S/C18H20N2O3S/c1-13-19-12-15(24-13)8-10-17(21)20-16(9-11-18(22)23-2)14-6-4-3-5-7-14/h3-8,10,12,16H,9,11H2,1-2H3,(H,20,21)/b10-8+. The molecule has 0 spiro atoms. The summed E-state index contributed by atoms with van der Waals surface area (Å²) in [5, 5.41) is 3.89. The number of hydrogen-bond donors (Lipinski definition) is 1. The van der Waals surface area contributed by atoms with Crippen molar-refractivity contribution in [2.75, 3.05) is 7.11 Å². The van der Waals surface area contributed by atoms with Crippen molar-refractivity contribution in [2.45, 2.75) is 25.8 Å². The highest BCUT2D eigenvalue weighted by molar-refractivity contribution is 7.12. The van der Waals surface area contributed by atoms with Gasteiger partial charge in [-0.2, -0.15) is 0 Å².